The van der Waals surface area contributed by atoms with Crippen molar-refractivity contribution in [3.05, 3.63) is 32.8 Å². The number of methoxy groups -OCH3 is 4. The van der Waals surface area contributed by atoms with Gasteiger partial charge in [-0.25, -0.2) is 0 Å². The summed E-state index contributed by atoms with van der Waals surface area (Å²) in [7, 11) is 5.72. The van der Waals surface area contributed by atoms with E-state index < -0.39 is 0 Å². The predicted octanol–water partition coefficient (Wildman–Crippen LogP) is 3.71. The fourth-order valence-electron chi connectivity index (χ4n) is 1.88. The van der Waals surface area contributed by atoms with E-state index in [1.54, 1.807) is 12.5 Å². The number of rotatable bonds is 10. The fraction of sp³-hybridized carbons (Fsp3) is 0.500. The van der Waals surface area contributed by atoms with E-state index in [4.69, 9.17) is 18.9 Å². The molecule has 0 N–H and O–H groups in total. The summed E-state index contributed by atoms with van der Waals surface area (Å²) in [4.78, 5) is 25.6. The van der Waals surface area contributed by atoms with Gasteiger partial charge in [0, 0.05) is 0 Å². The van der Waals surface area contributed by atoms with Crippen LogP contribution in [0.15, 0.2) is 32.8 Å². The van der Waals surface area contributed by atoms with Crippen LogP contribution < -0.4 is 0 Å². The largest absolute Gasteiger partial charge is 0.492 e. The lowest BCUT2D eigenvalue weighted by Gasteiger charge is -2.19. The second kappa shape index (κ2) is 13.3. The lowest BCUT2D eigenvalue weighted by molar-refractivity contribution is -0.111. The van der Waals surface area contributed by atoms with Gasteiger partial charge < -0.3 is 18.9 Å². The van der Waals surface area contributed by atoms with Crippen molar-refractivity contribution in [3.63, 3.8) is 0 Å². The van der Waals surface area contributed by atoms with Crippen LogP contribution in [0.2, 0.25) is 0 Å². The molecule has 0 aliphatic carbocycles. The lowest BCUT2D eigenvalue weighted by atomic mass is 10.3. The molecule has 0 saturated carbocycles. The van der Waals surface area contributed by atoms with Crippen molar-refractivity contribution >= 4 is 57.3 Å². The first-order chi connectivity index (χ1) is 12.4. The van der Waals surface area contributed by atoms with E-state index in [2.05, 4.69) is 0 Å². The monoisotopic (exact) mass is 440 g/mol. The number of hydrogen-bond donors (Lipinski definition) is 0. The molecular formula is C16H24O6S4. The molecule has 148 valence electrons. The molecule has 0 saturated heterocycles. The van der Waals surface area contributed by atoms with Gasteiger partial charge in [-0.3, -0.25) is 9.59 Å². The third-order valence-electron chi connectivity index (χ3n) is 3.00. The zero-order valence-corrected chi connectivity index (χ0v) is 19.3. The number of carbonyl (C=O) groups excluding carboxylic acids is 2. The van der Waals surface area contributed by atoms with Crippen LogP contribution in [0.4, 0.5) is 0 Å². The highest BCUT2D eigenvalue weighted by Crippen LogP contribution is 2.39. The maximum atomic E-state index is 12.2. The van der Waals surface area contributed by atoms with Crippen molar-refractivity contribution < 1.29 is 28.5 Å². The molecule has 0 unspecified atom stereocenters. The standard InChI is InChI=1S/C16H24O6S4/c1-19-9(11(21-3)15(17)25-7)13(23-5)14(24-6)10(20-2)12(22-4)16(18)26-8/h1-8H3. The quantitative estimate of drug-likeness (QED) is 0.285. The predicted molar refractivity (Wildman–Crippen MR) is 113 cm³/mol. The van der Waals surface area contributed by atoms with Crippen LogP contribution in [-0.2, 0) is 28.5 Å². The zero-order valence-electron chi connectivity index (χ0n) is 16.1. The molecule has 0 amide bonds. The van der Waals surface area contributed by atoms with Gasteiger partial charge in [-0.2, -0.15) is 0 Å². The molecule has 0 aromatic rings. The molecule has 0 aromatic carbocycles. The summed E-state index contributed by atoms with van der Waals surface area (Å²) < 4.78 is 21.5. The lowest BCUT2D eigenvalue weighted by Crippen LogP contribution is -2.11. The van der Waals surface area contributed by atoms with Crippen LogP contribution in [-0.4, -0.2) is 63.7 Å². The minimum Gasteiger partial charge on any atom is -0.492 e. The van der Waals surface area contributed by atoms with Gasteiger partial charge in [0.25, 0.3) is 10.2 Å². The smallest absolute Gasteiger partial charge is 0.257 e. The average molecular weight is 441 g/mol. The molecule has 0 radical (unpaired) electrons. The molecule has 0 atom stereocenters. The van der Waals surface area contributed by atoms with E-state index in [-0.39, 0.29) is 33.3 Å². The number of carbonyl (C=O) groups is 2. The molecule has 26 heavy (non-hydrogen) atoms. The Bertz CT molecular complexity index is 558. The molecule has 6 nitrogen and oxygen atoms in total. The fourth-order valence-corrected chi connectivity index (χ4v) is 4.38. The Balaban J connectivity index is 6.91. The van der Waals surface area contributed by atoms with Gasteiger partial charge in [-0.1, -0.05) is 23.5 Å². The average Bonchev–Trinajstić information content (AvgIpc) is 2.68. The molecule has 0 aromatic heterocycles. The molecule has 0 spiro atoms. The van der Waals surface area contributed by atoms with Crippen molar-refractivity contribution in [2.24, 2.45) is 0 Å². The first kappa shape index (κ1) is 25.2. The molecular weight excluding hydrogens is 416 g/mol. The number of ether oxygens (including phenoxy) is 4. The third-order valence-corrected chi connectivity index (χ3v) is 5.83. The van der Waals surface area contributed by atoms with Gasteiger partial charge in [0.05, 0.1) is 38.2 Å². The normalized spacial score (nSPS) is 13.8. The maximum absolute atomic E-state index is 12.2. The van der Waals surface area contributed by atoms with Gasteiger partial charge in [-0.05, 0) is 25.0 Å². The summed E-state index contributed by atoms with van der Waals surface area (Å²) >= 11 is 4.72. The van der Waals surface area contributed by atoms with E-state index in [1.807, 2.05) is 12.5 Å². The van der Waals surface area contributed by atoms with E-state index in [0.29, 0.717) is 9.81 Å². The zero-order chi connectivity index (χ0) is 20.3. The molecule has 10 heteroatoms. The molecule has 0 heterocycles. The maximum Gasteiger partial charge on any atom is 0.257 e. The highest BCUT2D eigenvalue weighted by Gasteiger charge is 2.27. The Labute approximate surface area is 171 Å². The molecule has 0 aliphatic heterocycles. The summed E-state index contributed by atoms with van der Waals surface area (Å²) in [5.74, 6) is 0.707. The Morgan fingerprint density at radius 2 is 0.769 bits per heavy atom. The minimum absolute atomic E-state index is 0.0847. The van der Waals surface area contributed by atoms with Gasteiger partial charge in [-0.15, -0.1) is 23.5 Å². The van der Waals surface area contributed by atoms with E-state index in [0.717, 1.165) is 23.5 Å². The summed E-state index contributed by atoms with van der Waals surface area (Å²) in [6, 6.07) is 0. The number of hydrogen-bond acceptors (Lipinski definition) is 10. The SMILES string of the molecule is COC(C(=O)SC)=C(OC)C(SC)=C(SC)C(OC)=C(OC)C(=O)SC. The second-order valence-corrected chi connectivity index (χ2v) is 7.37. The topological polar surface area (TPSA) is 71.1 Å². The Kier molecular flexibility index (Phi) is 12.9. The summed E-state index contributed by atoms with van der Waals surface area (Å²) in [5.41, 5.74) is 0. The second-order valence-electron chi connectivity index (χ2n) is 4.18. The van der Waals surface area contributed by atoms with Gasteiger partial charge in [0.2, 0.25) is 11.5 Å². The Morgan fingerprint density at radius 3 is 0.923 bits per heavy atom. The molecule has 0 fully saturated rings. The van der Waals surface area contributed by atoms with Crippen molar-refractivity contribution in [3.8, 4) is 0 Å². The van der Waals surface area contributed by atoms with Gasteiger partial charge >= 0.3 is 0 Å². The molecule has 0 rings (SSSR count). The molecule has 0 aliphatic rings. The van der Waals surface area contributed by atoms with Crippen LogP contribution >= 0.6 is 47.0 Å². The Hall–Kier alpha value is -0.840. The highest BCUT2D eigenvalue weighted by atomic mass is 32.2. The highest BCUT2D eigenvalue weighted by molar-refractivity contribution is 8.13. The van der Waals surface area contributed by atoms with Gasteiger partial charge in [0.15, 0.2) is 11.5 Å². The molecule has 0 bridgehead atoms. The van der Waals surface area contributed by atoms with E-state index in [9.17, 15) is 9.59 Å². The van der Waals surface area contributed by atoms with Crippen LogP contribution in [0.25, 0.3) is 0 Å². The van der Waals surface area contributed by atoms with Crippen molar-refractivity contribution in [1.82, 2.24) is 0 Å². The van der Waals surface area contributed by atoms with Crippen LogP contribution in [0.5, 0.6) is 0 Å². The first-order valence-electron chi connectivity index (χ1n) is 7.06. The number of thioether (sulfide) groups is 4. The van der Waals surface area contributed by atoms with Crippen molar-refractivity contribution in [1.29, 1.82) is 0 Å². The van der Waals surface area contributed by atoms with Crippen molar-refractivity contribution in [2.45, 2.75) is 0 Å². The van der Waals surface area contributed by atoms with E-state index >= 15 is 0 Å². The minimum atomic E-state index is -0.272. The van der Waals surface area contributed by atoms with Crippen LogP contribution in [0.3, 0.4) is 0 Å². The third kappa shape index (κ3) is 6.11. The first-order valence-corrected chi connectivity index (χ1v) is 12.0. The summed E-state index contributed by atoms with van der Waals surface area (Å²) in [6.45, 7) is 0. The summed E-state index contributed by atoms with van der Waals surface area (Å²) in [5, 5.41) is -0.544. The summed E-state index contributed by atoms with van der Waals surface area (Å²) in [6.07, 6.45) is 6.98. The van der Waals surface area contributed by atoms with Crippen LogP contribution in [0.1, 0.15) is 0 Å². The Morgan fingerprint density at radius 1 is 0.500 bits per heavy atom. The van der Waals surface area contributed by atoms with E-state index in [1.165, 1.54) is 52.0 Å². The van der Waals surface area contributed by atoms with Crippen LogP contribution in [0, 0.1) is 0 Å². The van der Waals surface area contributed by atoms with Gasteiger partial charge in [0.1, 0.15) is 0 Å². The van der Waals surface area contributed by atoms with Crippen molar-refractivity contribution in [2.75, 3.05) is 53.5 Å².